The molecule has 1 aromatic carbocycles. The molecular weight excluding hydrogens is 385 g/mol. The van der Waals surface area contributed by atoms with Gasteiger partial charge in [-0.1, -0.05) is 12.1 Å². The van der Waals surface area contributed by atoms with Crippen molar-refractivity contribution in [1.29, 1.82) is 0 Å². The first kappa shape index (κ1) is 22.8. The van der Waals surface area contributed by atoms with Gasteiger partial charge in [0.2, 0.25) is 5.91 Å². The van der Waals surface area contributed by atoms with Crippen molar-refractivity contribution in [2.24, 2.45) is 4.99 Å². The highest BCUT2D eigenvalue weighted by Gasteiger charge is 2.28. The fraction of sp³-hybridized carbons (Fsp3) is 0.600. The molecule has 162 valence electrons. The van der Waals surface area contributed by atoms with Crippen molar-refractivity contribution in [1.82, 2.24) is 15.5 Å². The number of aliphatic imine (C=N–C) groups is 1. The Morgan fingerprint density at radius 3 is 2.76 bits per heavy atom. The number of likely N-dealkylation sites (tertiary alicyclic amines) is 1. The molecule has 0 atom stereocenters. The first-order valence-electron chi connectivity index (χ1n) is 9.87. The van der Waals surface area contributed by atoms with Gasteiger partial charge in [-0.25, -0.2) is 4.99 Å². The first-order chi connectivity index (χ1) is 13.8. The molecular formula is C20H29F3N4O2. The summed E-state index contributed by atoms with van der Waals surface area (Å²) in [6, 6.07) is 5.13. The molecule has 0 spiro atoms. The Kier molecular flexibility index (Phi) is 8.60. The number of nitrogens with zero attached hydrogens (tertiary/aromatic N) is 2. The monoisotopic (exact) mass is 414 g/mol. The van der Waals surface area contributed by atoms with Crippen molar-refractivity contribution >= 4 is 11.9 Å². The van der Waals surface area contributed by atoms with Gasteiger partial charge in [-0.05, 0) is 38.3 Å². The largest absolute Gasteiger partial charge is 0.484 e. The zero-order chi connectivity index (χ0) is 21.3. The average Bonchev–Trinajstić information content (AvgIpc) is 3.06. The third kappa shape index (κ3) is 8.21. The highest BCUT2D eigenvalue weighted by Crippen LogP contribution is 2.24. The Labute approximate surface area is 169 Å². The second-order valence-electron chi connectivity index (χ2n) is 6.97. The molecule has 1 heterocycles. The molecule has 0 aliphatic carbocycles. The molecule has 2 rings (SSSR count). The fourth-order valence-electron chi connectivity index (χ4n) is 3.01. The highest BCUT2D eigenvalue weighted by atomic mass is 19.4. The summed E-state index contributed by atoms with van der Waals surface area (Å²) in [6.07, 6.45) is -2.05. The fourth-order valence-corrected chi connectivity index (χ4v) is 3.01. The summed E-state index contributed by atoms with van der Waals surface area (Å²) in [5, 5.41) is 6.31. The van der Waals surface area contributed by atoms with Gasteiger partial charge in [0.15, 0.2) is 12.6 Å². The molecule has 0 aromatic heterocycles. The number of guanidine groups is 1. The van der Waals surface area contributed by atoms with E-state index in [1.54, 1.807) is 19.1 Å². The molecule has 9 heteroatoms. The normalized spacial score (nSPS) is 15.0. The van der Waals surface area contributed by atoms with Gasteiger partial charge in [-0.3, -0.25) is 4.79 Å². The van der Waals surface area contributed by atoms with Crippen LogP contribution in [0.4, 0.5) is 13.2 Å². The lowest BCUT2D eigenvalue weighted by molar-refractivity contribution is -0.153. The van der Waals surface area contributed by atoms with Crippen LogP contribution in [0.15, 0.2) is 23.2 Å². The van der Waals surface area contributed by atoms with Gasteiger partial charge in [0, 0.05) is 38.2 Å². The average molecular weight is 414 g/mol. The van der Waals surface area contributed by atoms with Crippen LogP contribution >= 0.6 is 0 Å². The maximum Gasteiger partial charge on any atom is 0.422 e. The minimum Gasteiger partial charge on any atom is -0.484 e. The summed E-state index contributed by atoms with van der Waals surface area (Å²) in [5.74, 6) is 0.966. The van der Waals surface area contributed by atoms with Gasteiger partial charge in [-0.15, -0.1) is 0 Å². The molecule has 0 radical (unpaired) electrons. The number of aryl methyl sites for hydroxylation is 1. The summed E-state index contributed by atoms with van der Waals surface area (Å²) in [5.41, 5.74) is 1.40. The summed E-state index contributed by atoms with van der Waals surface area (Å²) >= 11 is 0. The molecule has 0 unspecified atom stereocenters. The topological polar surface area (TPSA) is 66.0 Å². The van der Waals surface area contributed by atoms with Crippen molar-refractivity contribution in [3.05, 3.63) is 29.3 Å². The van der Waals surface area contributed by atoms with E-state index in [0.717, 1.165) is 24.9 Å². The number of carbonyl (C=O) groups excluding carboxylic acids is 1. The number of carbonyl (C=O) groups is 1. The lowest BCUT2D eigenvalue weighted by Gasteiger charge is -2.17. The van der Waals surface area contributed by atoms with Crippen LogP contribution < -0.4 is 15.4 Å². The smallest absolute Gasteiger partial charge is 0.422 e. The van der Waals surface area contributed by atoms with E-state index >= 15 is 0 Å². The van der Waals surface area contributed by atoms with E-state index in [2.05, 4.69) is 15.6 Å². The first-order valence-corrected chi connectivity index (χ1v) is 9.87. The second-order valence-corrected chi connectivity index (χ2v) is 6.97. The summed E-state index contributed by atoms with van der Waals surface area (Å²) in [6.45, 7) is 5.41. The molecule has 1 fully saturated rings. The van der Waals surface area contributed by atoms with Gasteiger partial charge in [0.25, 0.3) is 0 Å². The zero-order valence-electron chi connectivity index (χ0n) is 16.9. The lowest BCUT2D eigenvalue weighted by atomic mass is 10.1. The third-order valence-electron chi connectivity index (χ3n) is 4.43. The standard InChI is InChI=1S/C20H29F3N4O2/c1-3-24-19(25-9-5-11-27-10-4-6-18(27)28)26-13-16-8-7-15(2)12-17(16)29-14-20(21,22)23/h7-8,12H,3-6,9-11,13-14H2,1-2H3,(H2,24,25,26). The molecule has 1 aromatic rings. The van der Waals surface area contributed by atoms with Crippen molar-refractivity contribution in [3.8, 4) is 5.75 Å². The lowest BCUT2D eigenvalue weighted by Crippen LogP contribution is -2.39. The molecule has 1 aliphatic rings. The molecule has 29 heavy (non-hydrogen) atoms. The van der Waals surface area contributed by atoms with Crippen LogP contribution in [0.3, 0.4) is 0 Å². The van der Waals surface area contributed by atoms with E-state index in [9.17, 15) is 18.0 Å². The quantitative estimate of drug-likeness (QED) is 0.370. The van der Waals surface area contributed by atoms with Gasteiger partial charge in [-0.2, -0.15) is 13.2 Å². The van der Waals surface area contributed by atoms with Crippen molar-refractivity contribution in [3.63, 3.8) is 0 Å². The Morgan fingerprint density at radius 2 is 2.10 bits per heavy atom. The second kappa shape index (κ2) is 10.9. The van der Waals surface area contributed by atoms with Crippen LogP contribution in [0.1, 0.15) is 37.3 Å². The number of hydrogen-bond acceptors (Lipinski definition) is 3. The Morgan fingerprint density at radius 1 is 1.31 bits per heavy atom. The number of hydrogen-bond donors (Lipinski definition) is 2. The minimum atomic E-state index is -4.39. The van der Waals surface area contributed by atoms with E-state index < -0.39 is 12.8 Å². The van der Waals surface area contributed by atoms with Crippen LogP contribution in [0.25, 0.3) is 0 Å². The Balaban J connectivity index is 1.92. The maximum absolute atomic E-state index is 12.5. The predicted octanol–water partition coefficient (Wildman–Crippen LogP) is 3.00. The van der Waals surface area contributed by atoms with Gasteiger partial charge in [0.1, 0.15) is 5.75 Å². The number of amides is 1. The third-order valence-corrected chi connectivity index (χ3v) is 4.43. The molecule has 2 N–H and O–H groups in total. The number of benzene rings is 1. The van der Waals surface area contributed by atoms with Crippen molar-refractivity contribution in [2.45, 2.75) is 45.8 Å². The summed E-state index contributed by atoms with van der Waals surface area (Å²) in [4.78, 5) is 17.9. The van der Waals surface area contributed by atoms with Crippen LogP contribution in [-0.2, 0) is 11.3 Å². The Hall–Kier alpha value is -2.45. The number of halogens is 3. The predicted molar refractivity (Wildman–Crippen MR) is 106 cm³/mol. The van der Waals surface area contributed by atoms with E-state index in [-0.39, 0.29) is 18.2 Å². The summed E-state index contributed by atoms with van der Waals surface area (Å²) < 4.78 is 42.5. The van der Waals surface area contributed by atoms with Crippen LogP contribution in [0.5, 0.6) is 5.75 Å². The molecule has 1 saturated heterocycles. The van der Waals surface area contributed by atoms with E-state index in [0.29, 0.717) is 37.6 Å². The van der Waals surface area contributed by atoms with Crippen molar-refractivity contribution in [2.75, 3.05) is 32.8 Å². The van der Waals surface area contributed by atoms with Crippen LogP contribution in [0.2, 0.25) is 0 Å². The maximum atomic E-state index is 12.5. The van der Waals surface area contributed by atoms with E-state index in [4.69, 9.17) is 4.74 Å². The van der Waals surface area contributed by atoms with Gasteiger partial charge < -0.3 is 20.3 Å². The number of nitrogens with one attached hydrogen (secondary N) is 2. The van der Waals surface area contributed by atoms with Gasteiger partial charge >= 0.3 is 6.18 Å². The van der Waals surface area contributed by atoms with Crippen molar-refractivity contribution < 1.29 is 22.7 Å². The SMILES string of the molecule is CCNC(=NCc1ccc(C)cc1OCC(F)(F)F)NCCCN1CCCC1=O. The van der Waals surface area contributed by atoms with E-state index in [1.165, 1.54) is 0 Å². The van der Waals surface area contributed by atoms with Gasteiger partial charge in [0.05, 0.1) is 6.54 Å². The Bertz CT molecular complexity index is 707. The molecule has 6 nitrogen and oxygen atoms in total. The number of ether oxygens (including phenoxy) is 1. The molecule has 0 saturated carbocycles. The van der Waals surface area contributed by atoms with Crippen LogP contribution in [-0.4, -0.2) is 55.7 Å². The molecule has 0 bridgehead atoms. The van der Waals surface area contributed by atoms with Crippen LogP contribution in [0, 0.1) is 6.92 Å². The number of rotatable bonds is 9. The molecule has 1 amide bonds. The summed E-state index contributed by atoms with van der Waals surface area (Å²) in [7, 11) is 0. The minimum absolute atomic E-state index is 0.188. The highest BCUT2D eigenvalue weighted by molar-refractivity contribution is 5.80. The zero-order valence-corrected chi connectivity index (χ0v) is 16.9. The molecule has 1 aliphatic heterocycles. The number of alkyl halides is 3. The van der Waals surface area contributed by atoms with E-state index in [1.807, 2.05) is 17.9 Å².